The van der Waals surface area contributed by atoms with Crippen molar-refractivity contribution in [2.75, 3.05) is 19.7 Å². The zero-order chi connectivity index (χ0) is 16.0. The van der Waals surface area contributed by atoms with E-state index < -0.39 is 17.3 Å². The minimum absolute atomic E-state index is 0.474. The number of H-pyrrole nitrogens is 1. The first-order chi connectivity index (χ1) is 10.3. The molecule has 1 aromatic heterocycles. The molecule has 0 saturated carbocycles. The van der Waals surface area contributed by atoms with Gasteiger partial charge in [-0.3, -0.25) is 10.00 Å². The Morgan fingerprint density at radius 3 is 2.68 bits per heavy atom. The molecule has 0 radical (unpaired) electrons. The first-order valence-electron chi connectivity index (χ1n) is 7.80. The Labute approximate surface area is 135 Å². The fourth-order valence-electron chi connectivity index (χ4n) is 3.53. The summed E-state index contributed by atoms with van der Waals surface area (Å²) in [6.07, 6.45) is 1.03. The number of likely N-dealkylation sites (tertiary alicyclic amines) is 1. The van der Waals surface area contributed by atoms with Crippen molar-refractivity contribution in [1.29, 1.82) is 0 Å². The maximum atomic E-state index is 10.5. The van der Waals surface area contributed by atoms with Crippen LogP contribution in [-0.4, -0.2) is 62.3 Å². The second-order valence-electron chi connectivity index (χ2n) is 6.81. The van der Waals surface area contributed by atoms with Crippen LogP contribution in [0.3, 0.4) is 0 Å². The topological polar surface area (TPSA) is 81.6 Å². The summed E-state index contributed by atoms with van der Waals surface area (Å²) in [5.74, 6) is 0. The molecule has 0 amide bonds. The highest BCUT2D eigenvalue weighted by atomic mass is 35.5. The minimum atomic E-state index is -1.07. The number of rotatable bonds is 2. The van der Waals surface area contributed by atoms with Crippen molar-refractivity contribution in [2.45, 2.75) is 57.0 Å². The number of aromatic amines is 1. The van der Waals surface area contributed by atoms with Crippen LogP contribution in [0.4, 0.5) is 0 Å². The zero-order valence-electron chi connectivity index (χ0n) is 13.1. The third kappa shape index (κ3) is 2.78. The Morgan fingerprint density at radius 2 is 2.09 bits per heavy atom. The molecule has 6 nitrogen and oxygen atoms in total. The summed E-state index contributed by atoms with van der Waals surface area (Å²) in [7, 11) is 0. The highest BCUT2D eigenvalue weighted by Crippen LogP contribution is 2.40. The Balaban J connectivity index is 1.64. The number of halogens is 1. The van der Waals surface area contributed by atoms with Gasteiger partial charge in [0.2, 0.25) is 0 Å². The molecule has 22 heavy (non-hydrogen) atoms. The van der Waals surface area contributed by atoms with Crippen LogP contribution in [0, 0.1) is 6.92 Å². The van der Waals surface area contributed by atoms with Crippen LogP contribution < -0.4 is 0 Å². The summed E-state index contributed by atoms with van der Waals surface area (Å²) < 4.78 is 5.90. The summed E-state index contributed by atoms with van der Waals surface area (Å²) in [4.78, 5) is 2.26. The third-order valence-electron chi connectivity index (χ3n) is 5.10. The van der Waals surface area contributed by atoms with E-state index in [0.29, 0.717) is 37.4 Å². The Morgan fingerprint density at radius 1 is 1.41 bits per heavy atom. The molecule has 7 heteroatoms. The van der Waals surface area contributed by atoms with Crippen molar-refractivity contribution in [2.24, 2.45) is 0 Å². The van der Waals surface area contributed by atoms with Gasteiger partial charge in [0.15, 0.2) is 0 Å². The second kappa shape index (κ2) is 5.76. The number of nitrogens with one attached hydrogen (secondary N) is 1. The van der Waals surface area contributed by atoms with E-state index in [1.807, 2.05) is 6.92 Å². The second-order valence-corrected chi connectivity index (χ2v) is 7.19. The number of piperidine rings is 1. The molecule has 2 aliphatic rings. The maximum absolute atomic E-state index is 10.5. The van der Waals surface area contributed by atoms with Crippen LogP contribution in [0.2, 0.25) is 5.02 Å². The summed E-state index contributed by atoms with van der Waals surface area (Å²) in [5.41, 5.74) is 0.0477. The van der Waals surface area contributed by atoms with Crippen LogP contribution in [0.25, 0.3) is 0 Å². The lowest BCUT2D eigenvalue weighted by molar-refractivity contribution is -0.246. The number of aliphatic hydroxyl groups excluding tert-OH is 1. The van der Waals surface area contributed by atoms with Gasteiger partial charge in [-0.15, -0.1) is 0 Å². The van der Waals surface area contributed by atoms with E-state index in [4.69, 9.17) is 16.3 Å². The lowest BCUT2D eigenvalue weighted by atomic mass is 9.75. The SMILES string of the molecule is Cc1[nH]nc(CN2CCC3(CC2)OCC[C@@](C)(O)[C@@H]3O)c1Cl. The van der Waals surface area contributed by atoms with E-state index in [2.05, 4.69) is 15.1 Å². The largest absolute Gasteiger partial charge is 0.387 e. The van der Waals surface area contributed by atoms with Gasteiger partial charge in [0.05, 0.1) is 34.2 Å². The van der Waals surface area contributed by atoms with Crippen molar-refractivity contribution >= 4 is 11.6 Å². The molecule has 3 heterocycles. The first-order valence-corrected chi connectivity index (χ1v) is 8.18. The molecule has 0 bridgehead atoms. The molecule has 0 aliphatic carbocycles. The molecule has 0 aromatic carbocycles. The van der Waals surface area contributed by atoms with Gasteiger partial charge in [-0.2, -0.15) is 5.10 Å². The van der Waals surface area contributed by atoms with Crippen molar-refractivity contribution in [3.8, 4) is 0 Å². The molecular weight excluding hydrogens is 306 g/mol. The average Bonchev–Trinajstić information content (AvgIpc) is 2.79. The highest BCUT2D eigenvalue weighted by Gasteiger charge is 2.52. The Kier molecular flexibility index (Phi) is 4.24. The monoisotopic (exact) mass is 329 g/mol. The number of aromatic nitrogens is 2. The van der Waals surface area contributed by atoms with Gasteiger partial charge < -0.3 is 14.9 Å². The molecule has 124 valence electrons. The van der Waals surface area contributed by atoms with Gasteiger partial charge in [0.25, 0.3) is 0 Å². The first kappa shape index (κ1) is 16.2. The summed E-state index contributed by atoms with van der Waals surface area (Å²) in [5, 5.41) is 28.6. The Bertz CT molecular complexity index is 538. The van der Waals surface area contributed by atoms with Gasteiger partial charge >= 0.3 is 0 Å². The number of hydrogen-bond acceptors (Lipinski definition) is 5. The predicted octanol–water partition coefficient (Wildman–Crippen LogP) is 1.24. The van der Waals surface area contributed by atoms with Crippen molar-refractivity contribution in [3.05, 3.63) is 16.4 Å². The van der Waals surface area contributed by atoms with Crippen molar-refractivity contribution in [1.82, 2.24) is 15.1 Å². The van der Waals surface area contributed by atoms with Gasteiger partial charge in [0, 0.05) is 26.1 Å². The minimum Gasteiger partial charge on any atom is -0.387 e. The van der Waals surface area contributed by atoms with Crippen molar-refractivity contribution < 1.29 is 14.9 Å². The molecule has 3 N–H and O–H groups in total. The van der Waals surface area contributed by atoms with E-state index >= 15 is 0 Å². The molecule has 2 atom stereocenters. The molecule has 1 spiro atoms. The lowest BCUT2D eigenvalue weighted by Crippen LogP contribution is -2.64. The van der Waals surface area contributed by atoms with E-state index in [1.54, 1.807) is 6.92 Å². The zero-order valence-corrected chi connectivity index (χ0v) is 13.9. The average molecular weight is 330 g/mol. The molecule has 2 fully saturated rings. The number of aliphatic hydroxyl groups is 2. The summed E-state index contributed by atoms with van der Waals surface area (Å²) in [6, 6.07) is 0. The third-order valence-corrected chi connectivity index (χ3v) is 5.60. The normalized spacial score (nSPS) is 32.5. The number of nitrogens with zero attached hydrogens (tertiary/aromatic N) is 2. The fourth-order valence-corrected chi connectivity index (χ4v) is 3.68. The molecule has 2 aliphatic heterocycles. The van der Waals surface area contributed by atoms with E-state index in [1.165, 1.54) is 0 Å². The van der Waals surface area contributed by atoms with E-state index in [-0.39, 0.29) is 0 Å². The molecule has 3 rings (SSSR count). The number of hydrogen-bond donors (Lipinski definition) is 3. The number of aryl methyl sites for hydroxylation is 1. The quantitative estimate of drug-likeness (QED) is 0.760. The molecule has 1 aromatic rings. The van der Waals surface area contributed by atoms with Crippen LogP contribution in [0.5, 0.6) is 0 Å². The smallest absolute Gasteiger partial charge is 0.111 e. The Hall–Kier alpha value is -0.660. The highest BCUT2D eigenvalue weighted by molar-refractivity contribution is 6.31. The summed E-state index contributed by atoms with van der Waals surface area (Å²) in [6.45, 7) is 6.35. The number of ether oxygens (including phenoxy) is 1. The van der Waals surface area contributed by atoms with Crippen molar-refractivity contribution in [3.63, 3.8) is 0 Å². The maximum Gasteiger partial charge on any atom is 0.111 e. The molecule has 0 unspecified atom stereocenters. The van der Waals surface area contributed by atoms with Gasteiger partial charge in [-0.05, 0) is 26.7 Å². The van der Waals surface area contributed by atoms with Gasteiger partial charge in [0.1, 0.15) is 6.10 Å². The summed E-state index contributed by atoms with van der Waals surface area (Å²) >= 11 is 6.21. The standard InChI is InChI=1S/C15H24ClN3O3/c1-10-12(16)11(18-17-10)9-19-6-3-15(4-7-19)13(20)14(2,21)5-8-22-15/h13,20-21H,3-9H2,1-2H3,(H,17,18)/t13-,14+/m0/s1. The predicted molar refractivity (Wildman–Crippen MR) is 82.8 cm³/mol. The lowest BCUT2D eigenvalue weighted by Gasteiger charge is -2.51. The van der Waals surface area contributed by atoms with E-state index in [0.717, 1.165) is 24.5 Å². The van der Waals surface area contributed by atoms with Gasteiger partial charge in [-0.1, -0.05) is 11.6 Å². The van der Waals surface area contributed by atoms with E-state index in [9.17, 15) is 10.2 Å². The fraction of sp³-hybridized carbons (Fsp3) is 0.800. The van der Waals surface area contributed by atoms with Crippen LogP contribution >= 0.6 is 11.6 Å². The van der Waals surface area contributed by atoms with Crippen LogP contribution in [-0.2, 0) is 11.3 Å². The van der Waals surface area contributed by atoms with Crippen LogP contribution in [0.15, 0.2) is 0 Å². The van der Waals surface area contributed by atoms with Gasteiger partial charge in [-0.25, -0.2) is 0 Å². The van der Waals surface area contributed by atoms with Crippen LogP contribution in [0.1, 0.15) is 37.6 Å². The molecular formula is C15H24ClN3O3. The molecule has 2 saturated heterocycles.